The number of nitrogens with zero attached hydrogens (tertiary/aromatic N) is 1. The van der Waals surface area contributed by atoms with E-state index in [-0.39, 0.29) is 23.7 Å². The standard InChI is InChI=1S/C23H30N2O3/c1-16-20(17(2)24-21(16)18(3)27)22(28)25-13-7-11-23(14-25,15-26)12-10-19-8-5-4-6-9-19/h4-6,8-9,24,26H,7,10-15H2,1-3H3. The number of aliphatic hydroxyl groups is 1. The third kappa shape index (κ3) is 4.04. The average Bonchev–Trinajstić information content (AvgIpc) is 3.01. The van der Waals surface area contributed by atoms with E-state index < -0.39 is 0 Å². The van der Waals surface area contributed by atoms with Crippen LogP contribution in [0, 0.1) is 19.3 Å². The van der Waals surface area contributed by atoms with Crippen molar-refractivity contribution in [3.05, 3.63) is 58.4 Å². The number of hydrogen-bond acceptors (Lipinski definition) is 3. The summed E-state index contributed by atoms with van der Waals surface area (Å²) in [6, 6.07) is 10.3. The van der Waals surface area contributed by atoms with E-state index in [1.54, 1.807) is 0 Å². The second-order valence-electron chi connectivity index (χ2n) is 8.16. The highest BCUT2D eigenvalue weighted by atomic mass is 16.3. The lowest BCUT2D eigenvalue weighted by atomic mass is 9.76. The third-order valence-corrected chi connectivity index (χ3v) is 6.07. The normalized spacial score (nSPS) is 19.6. The van der Waals surface area contributed by atoms with Crippen molar-refractivity contribution in [3.63, 3.8) is 0 Å². The first-order valence-corrected chi connectivity index (χ1v) is 10.0. The van der Waals surface area contributed by atoms with Crippen LogP contribution in [0.3, 0.4) is 0 Å². The number of carbonyl (C=O) groups is 2. The summed E-state index contributed by atoms with van der Waals surface area (Å²) >= 11 is 0. The molecule has 2 N–H and O–H groups in total. The molecular weight excluding hydrogens is 352 g/mol. The molecule has 1 amide bonds. The van der Waals surface area contributed by atoms with Crippen LogP contribution in [-0.4, -0.2) is 46.4 Å². The van der Waals surface area contributed by atoms with Gasteiger partial charge in [0.2, 0.25) is 0 Å². The second-order valence-corrected chi connectivity index (χ2v) is 8.16. The van der Waals surface area contributed by atoms with Crippen LogP contribution >= 0.6 is 0 Å². The van der Waals surface area contributed by atoms with E-state index in [0.717, 1.165) is 36.9 Å². The Labute approximate surface area is 166 Å². The fraction of sp³-hybridized carbons (Fsp3) is 0.478. The summed E-state index contributed by atoms with van der Waals surface area (Å²) in [6.07, 6.45) is 3.54. The van der Waals surface area contributed by atoms with Crippen molar-refractivity contribution in [2.45, 2.75) is 46.5 Å². The Hall–Kier alpha value is -2.40. The molecule has 0 aliphatic carbocycles. The molecule has 1 aromatic carbocycles. The third-order valence-electron chi connectivity index (χ3n) is 6.07. The number of aromatic amines is 1. The Bertz CT molecular complexity index is 856. The molecule has 28 heavy (non-hydrogen) atoms. The summed E-state index contributed by atoms with van der Waals surface area (Å²) < 4.78 is 0. The van der Waals surface area contributed by atoms with Gasteiger partial charge in [0.05, 0.1) is 17.9 Å². The molecule has 0 bridgehead atoms. The molecule has 0 saturated carbocycles. The molecule has 2 aromatic rings. The van der Waals surface area contributed by atoms with Gasteiger partial charge in [-0.15, -0.1) is 0 Å². The van der Waals surface area contributed by atoms with E-state index in [4.69, 9.17) is 0 Å². The van der Waals surface area contributed by atoms with Gasteiger partial charge in [0.25, 0.3) is 5.91 Å². The summed E-state index contributed by atoms with van der Waals surface area (Å²) in [5.41, 5.74) is 3.54. The van der Waals surface area contributed by atoms with Gasteiger partial charge in [0.15, 0.2) is 5.78 Å². The van der Waals surface area contributed by atoms with E-state index in [9.17, 15) is 14.7 Å². The first kappa shape index (κ1) is 20.3. The monoisotopic (exact) mass is 382 g/mol. The Morgan fingerprint density at radius 2 is 1.93 bits per heavy atom. The first-order chi connectivity index (χ1) is 13.4. The smallest absolute Gasteiger partial charge is 0.255 e. The van der Waals surface area contributed by atoms with Gasteiger partial charge in [-0.05, 0) is 50.7 Å². The number of ketones is 1. The summed E-state index contributed by atoms with van der Waals surface area (Å²) in [4.78, 5) is 30.0. The van der Waals surface area contributed by atoms with E-state index in [1.807, 2.05) is 36.9 Å². The minimum absolute atomic E-state index is 0.0454. The number of aryl methyl sites for hydroxylation is 2. The number of carbonyl (C=O) groups excluding carboxylic acids is 2. The quantitative estimate of drug-likeness (QED) is 0.749. The topological polar surface area (TPSA) is 73.4 Å². The van der Waals surface area contributed by atoms with E-state index in [2.05, 4.69) is 17.1 Å². The number of benzene rings is 1. The van der Waals surface area contributed by atoms with E-state index in [0.29, 0.717) is 24.3 Å². The maximum absolute atomic E-state index is 13.3. The number of piperidine rings is 1. The highest BCUT2D eigenvalue weighted by Gasteiger charge is 2.37. The van der Waals surface area contributed by atoms with Gasteiger partial charge in [0, 0.05) is 31.1 Å². The minimum Gasteiger partial charge on any atom is -0.396 e. The van der Waals surface area contributed by atoms with Gasteiger partial charge in [-0.25, -0.2) is 0 Å². The number of aliphatic hydroxyl groups excluding tert-OH is 1. The van der Waals surface area contributed by atoms with Crippen molar-refractivity contribution >= 4 is 11.7 Å². The first-order valence-electron chi connectivity index (χ1n) is 10.0. The van der Waals surface area contributed by atoms with E-state index >= 15 is 0 Å². The zero-order chi connectivity index (χ0) is 20.3. The average molecular weight is 383 g/mol. The fourth-order valence-electron chi connectivity index (χ4n) is 4.43. The fourth-order valence-corrected chi connectivity index (χ4v) is 4.43. The molecular formula is C23H30N2O3. The van der Waals surface area contributed by atoms with Crippen LogP contribution in [0.1, 0.15) is 63.9 Å². The van der Waals surface area contributed by atoms with Crippen molar-refractivity contribution < 1.29 is 14.7 Å². The molecule has 1 aliphatic heterocycles. The van der Waals surface area contributed by atoms with Crippen LogP contribution in [-0.2, 0) is 6.42 Å². The largest absolute Gasteiger partial charge is 0.396 e. The van der Waals surface area contributed by atoms with Crippen molar-refractivity contribution in [3.8, 4) is 0 Å². The molecule has 1 aromatic heterocycles. The van der Waals surface area contributed by atoms with Crippen molar-refractivity contribution in [1.82, 2.24) is 9.88 Å². The molecule has 150 valence electrons. The zero-order valence-electron chi connectivity index (χ0n) is 17.0. The summed E-state index contributed by atoms with van der Waals surface area (Å²) in [7, 11) is 0. The molecule has 1 fully saturated rings. The molecule has 1 unspecified atom stereocenters. The Balaban J connectivity index is 1.78. The molecule has 1 atom stereocenters. The SMILES string of the molecule is CC(=O)c1[nH]c(C)c(C(=O)N2CCCC(CO)(CCc3ccccc3)C2)c1C. The maximum Gasteiger partial charge on any atom is 0.255 e. The van der Waals surface area contributed by atoms with Gasteiger partial charge in [0.1, 0.15) is 0 Å². The highest BCUT2D eigenvalue weighted by Crippen LogP contribution is 2.35. The number of likely N-dealkylation sites (tertiary alicyclic amines) is 1. The van der Waals surface area contributed by atoms with Gasteiger partial charge in [-0.2, -0.15) is 0 Å². The molecule has 2 heterocycles. The van der Waals surface area contributed by atoms with Crippen molar-refractivity contribution in [1.29, 1.82) is 0 Å². The summed E-state index contributed by atoms with van der Waals surface area (Å²) in [6.45, 7) is 6.48. The number of amides is 1. The van der Waals surface area contributed by atoms with Crippen molar-refractivity contribution in [2.75, 3.05) is 19.7 Å². The number of nitrogens with one attached hydrogen (secondary N) is 1. The van der Waals surface area contributed by atoms with Gasteiger partial charge >= 0.3 is 0 Å². The highest BCUT2D eigenvalue weighted by molar-refractivity contribution is 6.02. The number of rotatable bonds is 6. The van der Waals surface area contributed by atoms with Gasteiger partial charge < -0.3 is 15.0 Å². The zero-order valence-corrected chi connectivity index (χ0v) is 17.0. The number of Topliss-reactive ketones (excluding diaryl/α,β-unsaturated/α-hetero) is 1. The van der Waals surface area contributed by atoms with Crippen LogP contribution in [0.25, 0.3) is 0 Å². The molecule has 1 saturated heterocycles. The minimum atomic E-state index is -0.273. The molecule has 0 spiro atoms. The second kappa shape index (κ2) is 8.31. The summed E-state index contributed by atoms with van der Waals surface area (Å²) in [5.74, 6) is -0.109. The van der Waals surface area contributed by atoms with E-state index in [1.165, 1.54) is 12.5 Å². The number of H-pyrrole nitrogens is 1. The number of aromatic nitrogens is 1. The van der Waals surface area contributed by atoms with Crippen LogP contribution in [0.15, 0.2) is 30.3 Å². The van der Waals surface area contributed by atoms with Crippen LogP contribution in [0.4, 0.5) is 0 Å². The lowest BCUT2D eigenvalue weighted by Gasteiger charge is -2.42. The van der Waals surface area contributed by atoms with Crippen LogP contribution < -0.4 is 0 Å². The van der Waals surface area contributed by atoms with Crippen LogP contribution in [0.2, 0.25) is 0 Å². The predicted molar refractivity (Wildman–Crippen MR) is 110 cm³/mol. The Morgan fingerprint density at radius 3 is 2.54 bits per heavy atom. The van der Waals surface area contributed by atoms with Gasteiger partial charge in [-0.1, -0.05) is 30.3 Å². The lowest BCUT2D eigenvalue weighted by molar-refractivity contribution is 0.0227. The molecule has 0 radical (unpaired) electrons. The molecule has 3 rings (SSSR count). The molecule has 5 heteroatoms. The lowest BCUT2D eigenvalue weighted by Crippen LogP contribution is -2.48. The van der Waals surface area contributed by atoms with Crippen LogP contribution in [0.5, 0.6) is 0 Å². The molecule has 1 aliphatic rings. The predicted octanol–water partition coefficient (Wildman–Crippen LogP) is 3.68. The maximum atomic E-state index is 13.3. The Morgan fingerprint density at radius 1 is 1.21 bits per heavy atom. The number of hydrogen-bond donors (Lipinski definition) is 2. The van der Waals surface area contributed by atoms with Crippen molar-refractivity contribution in [2.24, 2.45) is 5.41 Å². The Kier molecular flexibility index (Phi) is 6.04. The molecule has 5 nitrogen and oxygen atoms in total. The van der Waals surface area contributed by atoms with Gasteiger partial charge in [-0.3, -0.25) is 9.59 Å². The summed E-state index contributed by atoms with van der Waals surface area (Å²) in [5, 5.41) is 10.2.